The molecule has 0 aliphatic rings. The van der Waals surface area contributed by atoms with Gasteiger partial charge in [0, 0.05) is 18.8 Å². The minimum Gasteiger partial charge on any atom is -0.478 e. The van der Waals surface area contributed by atoms with Gasteiger partial charge in [0.25, 0.3) is 0 Å². The summed E-state index contributed by atoms with van der Waals surface area (Å²) in [6.45, 7) is 2.96. The van der Waals surface area contributed by atoms with Crippen LogP contribution in [0.5, 0.6) is 0 Å². The topological polar surface area (TPSA) is 88.2 Å². The minimum atomic E-state index is -1.05. The van der Waals surface area contributed by atoms with Crippen LogP contribution < -0.4 is 11.1 Å². The van der Waals surface area contributed by atoms with Gasteiger partial charge in [-0.15, -0.1) is 0 Å². The van der Waals surface area contributed by atoms with Crippen LogP contribution in [-0.4, -0.2) is 22.6 Å². The predicted octanol–water partition coefficient (Wildman–Crippen LogP) is 1.96. The summed E-state index contributed by atoms with van der Waals surface area (Å²) in [7, 11) is 0. The Bertz CT molecular complexity index is 366. The summed E-state index contributed by atoms with van der Waals surface area (Å²) in [5.74, 6) is -0.430. The number of nitrogen functional groups attached to an aromatic ring is 1. The molecule has 5 heteroatoms. The first-order chi connectivity index (χ1) is 7.65. The third-order valence-electron chi connectivity index (χ3n) is 2.25. The largest absolute Gasteiger partial charge is 0.478 e. The quantitative estimate of drug-likeness (QED) is 0.641. The molecule has 0 atom stereocenters. The number of carboxylic acids is 1. The molecule has 5 nitrogen and oxygen atoms in total. The number of unbranched alkanes of at least 4 members (excludes halogenated alkanes) is 2. The van der Waals surface area contributed by atoms with Gasteiger partial charge in [0.1, 0.15) is 11.4 Å². The molecule has 0 fully saturated rings. The lowest BCUT2D eigenvalue weighted by Crippen LogP contribution is -2.07. The second-order valence-electron chi connectivity index (χ2n) is 3.60. The van der Waals surface area contributed by atoms with E-state index in [2.05, 4.69) is 17.2 Å². The molecule has 4 N–H and O–H groups in total. The highest BCUT2D eigenvalue weighted by Crippen LogP contribution is 2.14. The van der Waals surface area contributed by atoms with Crippen molar-refractivity contribution in [1.82, 2.24) is 4.98 Å². The fraction of sp³-hybridized carbons (Fsp3) is 0.455. The maximum atomic E-state index is 10.7. The maximum Gasteiger partial charge on any atom is 0.339 e. The van der Waals surface area contributed by atoms with Gasteiger partial charge in [0.05, 0.1) is 5.69 Å². The molecule has 0 unspecified atom stereocenters. The van der Waals surface area contributed by atoms with E-state index in [1.165, 1.54) is 6.20 Å². The number of carbonyl (C=O) groups is 1. The summed E-state index contributed by atoms with van der Waals surface area (Å²) in [6.07, 6.45) is 4.67. The molecule has 0 aliphatic carbocycles. The molecule has 1 rings (SSSR count). The highest BCUT2D eigenvalue weighted by Gasteiger charge is 2.08. The Morgan fingerprint density at radius 2 is 2.31 bits per heavy atom. The molecular formula is C11H17N3O2. The molecule has 0 bridgehead atoms. The Balaban J connectivity index is 2.56. The van der Waals surface area contributed by atoms with Crippen molar-refractivity contribution in [3.63, 3.8) is 0 Å². The van der Waals surface area contributed by atoms with Gasteiger partial charge in [-0.2, -0.15) is 0 Å². The number of nitrogens with one attached hydrogen (secondary N) is 1. The normalized spacial score (nSPS) is 10.1. The van der Waals surface area contributed by atoms with Crippen LogP contribution in [0, 0.1) is 0 Å². The van der Waals surface area contributed by atoms with Gasteiger partial charge in [-0.25, -0.2) is 9.78 Å². The van der Waals surface area contributed by atoms with Gasteiger partial charge in [-0.05, 0) is 6.42 Å². The fourth-order valence-electron chi connectivity index (χ4n) is 1.34. The van der Waals surface area contributed by atoms with E-state index in [4.69, 9.17) is 10.8 Å². The molecule has 0 spiro atoms. The zero-order chi connectivity index (χ0) is 12.0. The van der Waals surface area contributed by atoms with E-state index in [1.54, 1.807) is 6.07 Å². The third-order valence-corrected chi connectivity index (χ3v) is 2.25. The van der Waals surface area contributed by atoms with Gasteiger partial charge in [0.2, 0.25) is 0 Å². The molecule has 0 amide bonds. The molecule has 1 aromatic heterocycles. The van der Waals surface area contributed by atoms with E-state index < -0.39 is 5.97 Å². The number of nitrogens with two attached hydrogens (primary N) is 1. The van der Waals surface area contributed by atoms with Crippen LogP contribution in [0.4, 0.5) is 11.5 Å². The predicted molar refractivity (Wildman–Crippen MR) is 63.6 cm³/mol. The summed E-state index contributed by atoms with van der Waals surface area (Å²) < 4.78 is 0. The Labute approximate surface area is 94.7 Å². The number of anilines is 2. The summed E-state index contributed by atoms with van der Waals surface area (Å²) >= 11 is 0. The van der Waals surface area contributed by atoms with Gasteiger partial charge in [0.15, 0.2) is 0 Å². The molecule has 0 aliphatic heterocycles. The van der Waals surface area contributed by atoms with Gasteiger partial charge in [-0.1, -0.05) is 19.8 Å². The first kappa shape index (κ1) is 12.3. The molecule has 1 aromatic rings. The van der Waals surface area contributed by atoms with Crippen molar-refractivity contribution in [2.24, 2.45) is 0 Å². The van der Waals surface area contributed by atoms with Crippen molar-refractivity contribution in [3.8, 4) is 0 Å². The minimum absolute atomic E-state index is 0.0408. The molecule has 88 valence electrons. The first-order valence-corrected chi connectivity index (χ1v) is 5.37. The molecule has 0 radical (unpaired) electrons. The number of aromatic carboxylic acids is 1. The van der Waals surface area contributed by atoms with Gasteiger partial charge in [-0.3, -0.25) is 0 Å². The Hall–Kier alpha value is -1.78. The third kappa shape index (κ3) is 3.42. The average molecular weight is 223 g/mol. The van der Waals surface area contributed by atoms with Crippen LogP contribution in [0.25, 0.3) is 0 Å². The van der Waals surface area contributed by atoms with E-state index in [9.17, 15) is 4.79 Å². The second-order valence-corrected chi connectivity index (χ2v) is 3.60. The van der Waals surface area contributed by atoms with Crippen molar-refractivity contribution in [1.29, 1.82) is 0 Å². The molecule has 1 heterocycles. The maximum absolute atomic E-state index is 10.7. The van der Waals surface area contributed by atoms with E-state index in [1.807, 2.05) is 0 Å². The Morgan fingerprint density at radius 3 is 2.88 bits per heavy atom. The highest BCUT2D eigenvalue weighted by molar-refractivity contribution is 5.93. The van der Waals surface area contributed by atoms with Gasteiger partial charge >= 0.3 is 5.97 Å². The number of pyridine rings is 1. The highest BCUT2D eigenvalue weighted by atomic mass is 16.4. The molecular weight excluding hydrogens is 206 g/mol. The Morgan fingerprint density at radius 1 is 1.56 bits per heavy atom. The molecule has 0 aromatic carbocycles. The zero-order valence-electron chi connectivity index (χ0n) is 9.36. The standard InChI is InChI=1S/C11H17N3O2/c1-2-3-4-5-13-10-6-9(12)8(7-14-10)11(15)16/h6-7H,2-5H2,1H3,(H,15,16)(H3,12,13,14). The fourth-order valence-corrected chi connectivity index (χ4v) is 1.34. The molecule has 16 heavy (non-hydrogen) atoms. The number of nitrogens with zero attached hydrogens (tertiary/aromatic N) is 1. The van der Waals surface area contributed by atoms with Crippen molar-refractivity contribution >= 4 is 17.5 Å². The van der Waals surface area contributed by atoms with Crippen molar-refractivity contribution in [2.45, 2.75) is 26.2 Å². The van der Waals surface area contributed by atoms with E-state index >= 15 is 0 Å². The van der Waals surface area contributed by atoms with Crippen LogP contribution in [0.2, 0.25) is 0 Å². The monoisotopic (exact) mass is 223 g/mol. The summed E-state index contributed by atoms with van der Waals surface area (Å²) in [5.41, 5.74) is 5.87. The van der Waals surface area contributed by atoms with Crippen LogP contribution in [0.3, 0.4) is 0 Å². The summed E-state index contributed by atoms with van der Waals surface area (Å²) in [5, 5.41) is 11.9. The smallest absolute Gasteiger partial charge is 0.339 e. The van der Waals surface area contributed by atoms with Gasteiger partial charge < -0.3 is 16.2 Å². The number of hydrogen-bond donors (Lipinski definition) is 3. The van der Waals surface area contributed by atoms with Crippen molar-refractivity contribution in [2.75, 3.05) is 17.6 Å². The number of hydrogen-bond acceptors (Lipinski definition) is 4. The number of carboxylic acid groups (broad SMARTS) is 1. The van der Waals surface area contributed by atoms with E-state index in [0.717, 1.165) is 25.8 Å². The molecule has 0 saturated carbocycles. The summed E-state index contributed by atoms with van der Waals surface area (Å²) in [4.78, 5) is 14.7. The number of aromatic nitrogens is 1. The lowest BCUT2D eigenvalue weighted by atomic mass is 10.2. The van der Waals surface area contributed by atoms with Crippen molar-refractivity contribution < 1.29 is 9.90 Å². The van der Waals surface area contributed by atoms with Crippen LogP contribution in [0.1, 0.15) is 36.5 Å². The summed E-state index contributed by atoms with van der Waals surface area (Å²) in [6, 6.07) is 1.55. The van der Waals surface area contributed by atoms with E-state index in [0.29, 0.717) is 5.82 Å². The lowest BCUT2D eigenvalue weighted by Gasteiger charge is -2.06. The average Bonchev–Trinajstić information content (AvgIpc) is 2.24. The van der Waals surface area contributed by atoms with Crippen LogP contribution >= 0.6 is 0 Å². The second kappa shape index (κ2) is 5.95. The Kier molecular flexibility index (Phi) is 4.57. The zero-order valence-corrected chi connectivity index (χ0v) is 9.36. The molecule has 0 saturated heterocycles. The number of rotatable bonds is 6. The van der Waals surface area contributed by atoms with Crippen LogP contribution in [0.15, 0.2) is 12.3 Å². The van der Waals surface area contributed by atoms with Crippen molar-refractivity contribution in [3.05, 3.63) is 17.8 Å². The van der Waals surface area contributed by atoms with E-state index in [-0.39, 0.29) is 11.3 Å². The van der Waals surface area contributed by atoms with Crippen LogP contribution in [-0.2, 0) is 0 Å². The lowest BCUT2D eigenvalue weighted by molar-refractivity contribution is 0.0697. The SMILES string of the molecule is CCCCCNc1cc(N)c(C(=O)O)cn1. The first-order valence-electron chi connectivity index (χ1n) is 5.37.